The van der Waals surface area contributed by atoms with Crippen LogP contribution >= 0.6 is 11.8 Å². The zero-order valence-corrected chi connectivity index (χ0v) is 16.7. The molecule has 1 saturated heterocycles. The molecule has 1 N–H and O–H groups in total. The number of ketones is 1. The Hall–Kier alpha value is -3.14. The number of thioether (sulfide) groups is 1. The average Bonchev–Trinajstić information content (AvgIpc) is 3.04. The number of Topliss-reactive ketones (excluding diaryl/α,β-unsaturated/α-hetero) is 1. The molecule has 1 aromatic carbocycles. The first-order chi connectivity index (χ1) is 14.0. The molecule has 0 radical (unpaired) electrons. The monoisotopic (exact) mass is 412 g/mol. The van der Waals surface area contributed by atoms with E-state index in [0.717, 1.165) is 29.3 Å². The van der Waals surface area contributed by atoms with Crippen molar-refractivity contribution in [3.63, 3.8) is 0 Å². The topological polar surface area (TPSA) is 102 Å². The first-order valence-corrected chi connectivity index (χ1v) is 10.4. The number of hydrogen-bond donors (Lipinski definition) is 1. The number of hydrogen-bond acceptors (Lipinski definition) is 7. The fourth-order valence-electron chi connectivity index (χ4n) is 3.16. The Morgan fingerprint density at radius 3 is 2.59 bits per heavy atom. The Labute approximate surface area is 170 Å². The Morgan fingerprint density at radius 1 is 1.17 bits per heavy atom. The Kier molecular flexibility index (Phi) is 5.34. The molecule has 0 unspecified atom stereocenters. The van der Waals surface area contributed by atoms with Gasteiger partial charge >= 0.3 is 5.69 Å². The predicted molar refractivity (Wildman–Crippen MR) is 112 cm³/mol. The number of nitrogens with one attached hydrogen (secondary N) is 1. The van der Waals surface area contributed by atoms with Gasteiger partial charge in [0, 0.05) is 48.2 Å². The van der Waals surface area contributed by atoms with Gasteiger partial charge in [0.2, 0.25) is 11.6 Å². The summed E-state index contributed by atoms with van der Waals surface area (Å²) in [5.74, 6) is 2.23. The fraction of sp³-hybridized carbons (Fsp3) is 0.316. The van der Waals surface area contributed by atoms with Crippen LogP contribution in [0.1, 0.15) is 17.3 Å². The van der Waals surface area contributed by atoms with Crippen LogP contribution in [0.2, 0.25) is 0 Å². The Balaban J connectivity index is 1.54. The number of amides is 1. The Morgan fingerprint density at radius 2 is 1.90 bits per heavy atom. The lowest BCUT2D eigenvalue weighted by atomic mass is 10.1. The van der Waals surface area contributed by atoms with E-state index in [1.807, 2.05) is 11.8 Å². The van der Waals surface area contributed by atoms with Crippen molar-refractivity contribution >= 4 is 40.6 Å². The molecule has 2 aromatic heterocycles. The molecule has 0 atom stereocenters. The van der Waals surface area contributed by atoms with Crippen LogP contribution < -0.4 is 15.9 Å². The van der Waals surface area contributed by atoms with Crippen LogP contribution in [0.4, 0.5) is 11.5 Å². The third-order valence-corrected chi connectivity index (χ3v) is 5.60. The average molecular weight is 412 g/mol. The van der Waals surface area contributed by atoms with E-state index in [1.54, 1.807) is 36.7 Å². The zero-order chi connectivity index (χ0) is 20.4. The van der Waals surface area contributed by atoms with Crippen molar-refractivity contribution in [3.05, 3.63) is 52.7 Å². The van der Waals surface area contributed by atoms with E-state index in [1.165, 1.54) is 11.3 Å². The van der Waals surface area contributed by atoms with Gasteiger partial charge in [-0.05, 0) is 31.2 Å². The molecule has 150 valence electrons. The number of fused-ring (bicyclic) bond motifs is 1. The predicted octanol–water partition coefficient (Wildman–Crippen LogP) is 1.29. The summed E-state index contributed by atoms with van der Waals surface area (Å²) < 4.78 is 2.55. The van der Waals surface area contributed by atoms with Crippen LogP contribution in [0.15, 0.2) is 41.5 Å². The number of nitrogens with zero attached hydrogens (tertiary/aromatic N) is 5. The van der Waals surface area contributed by atoms with E-state index in [2.05, 4.69) is 20.3 Å². The van der Waals surface area contributed by atoms with Gasteiger partial charge in [-0.15, -0.1) is 5.10 Å². The molecule has 1 fully saturated rings. The molecule has 0 saturated carbocycles. The number of aromatic nitrogens is 4. The smallest absolute Gasteiger partial charge is 0.350 e. The summed E-state index contributed by atoms with van der Waals surface area (Å²) in [6.45, 7) is 2.95. The molecule has 1 aliphatic heterocycles. The third-order valence-electron chi connectivity index (χ3n) is 4.66. The maximum atomic E-state index is 12.7. The minimum atomic E-state index is -0.392. The highest BCUT2D eigenvalue weighted by Gasteiger charge is 2.20. The van der Waals surface area contributed by atoms with Gasteiger partial charge in [-0.1, -0.05) is 0 Å². The summed E-state index contributed by atoms with van der Waals surface area (Å²) in [5, 5.41) is 7.08. The highest BCUT2D eigenvalue weighted by Crippen LogP contribution is 2.20. The van der Waals surface area contributed by atoms with Gasteiger partial charge in [-0.25, -0.2) is 18.9 Å². The molecule has 0 bridgehead atoms. The summed E-state index contributed by atoms with van der Waals surface area (Å²) >= 11 is 1.88. The van der Waals surface area contributed by atoms with E-state index in [4.69, 9.17) is 0 Å². The quantitative estimate of drug-likeness (QED) is 0.630. The number of anilines is 2. The molecule has 9 nitrogen and oxygen atoms in total. The number of carbonyl (C=O) groups excluding carboxylic acids is 2. The lowest BCUT2D eigenvalue weighted by molar-refractivity contribution is -0.117. The van der Waals surface area contributed by atoms with E-state index < -0.39 is 5.69 Å². The second-order valence-electron chi connectivity index (χ2n) is 6.67. The molecule has 1 amide bonds. The molecule has 0 spiro atoms. The van der Waals surface area contributed by atoms with Crippen LogP contribution in [0, 0.1) is 0 Å². The summed E-state index contributed by atoms with van der Waals surface area (Å²) in [5.41, 5.74) is 1.17. The molecule has 0 aliphatic carbocycles. The van der Waals surface area contributed by atoms with Crippen LogP contribution in [-0.4, -0.2) is 55.5 Å². The van der Waals surface area contributed by atoms with Crippen LogP contribution in [0.3, 0.4) is 0 Å². The normalized spacial score (nSPS) is 14.2. The standard InChI is InChI=1S/C19H20N6O3S/c1-13(26)14-2-4-15(5-3-14)21-16(27)12-25-19(28)24-7-6-20-17(18(24)22-25)23-8-10-29-11-9-23/h2-7H,8-12H2,1H3,(H,21,27). The zero-order valence-electron chi connectivity index (χ0n) is 15.9. The van der Waals surface area contributed by atoms with E-state index in [-0.39, 0.29) is 18.2 Å². The second kappa shape index (κ2) is 8.08. The minimum Gasteiger partial charge on any atom is -0.352 e. The molecule has 3 aromatic rings. The van der Waals surface area contributed by atoms with Crippen molar-refractivity contribution in [2.45, 2.75) is 13.5 Å². The van der Waals surface area contributed by atoms with Gasteiger partial charge in [-0.3, -0.25) is 9.59 Å². The lowest BCUT2D eigenvalue weighted by Crippen LogP contribution is -2.33. The van der Waals surface area contributed by atoms with Crippen molar-refractivity contribution in [1.29, 1.82) is 0 Å². The third kappa shape index (κ3) is 4.02. The van der Waals surface area contributed by atoms with E-state index in [9.17, 15) is 14.4 Å². The summed E-state index contributed by atoms with van der Waals surface area (Å²) in [4.78, 5) is 42.9. The molecule has 1 aliphatic rings. The van der Waals surface area contributed by atoms with Crippen LogP contribution in [0.25, 0.3) is 5.65 Å². The first-order valence-electron chi connectivity index (χ1n) is 9.20. The molecular formula is C19H20N6O3S. The molecule has 3 heterocycles. The SMILES string of the molecule is CC(=O)c1ccc(NC(=O)Cn2nc3c(N4CCSCC4)nccn3c2=O)cc1. The van der Waals surface area contributed by atoms with Crippen LogP contribution in [0.5, 0.6) is 0 Å². The summed E-state index contributed by atoms with van der Waals surface area (Å²) in [6.07, 6.45) is 3.13. The van der Waals surface area contributed by atoms with Gasteiger partial charge in [0.25, 0.3) is 0 Å². The molecule has 29 heavy (non-hydrogen) atoms. The highest BCUT2D eigenvalue weighted by molar-refractivity contribution is 7.99. The second-order valence-corrected chi connectivity index (χ2v) is 7.89. The van der Waals surface area contributed by atoms with E-state index >= 15 is 0 Å². The molecular weight excluding hydrogens is 392 g/mol. The van der Waals surface area contributed by atoms with Crippen molar-refractivity contribution in [3.8, 4) is 0 Å². The largest absolute Gasteiger partial charge is 0.352 e. The van der Waals surface area contributed by atoms with Crippen molar-refractivity contribution in [1.82, 2.24) is 19.2 Å². The number of rotatable bonds is 5. The summed E-state index contributed by atoms with van der Waals surface area (Å²) in [7, 11) is 0. The van der Waals surface area contributed by atoms with Crippen LogP contribution in [-0.2, 0) is 11.3 Å². The number of carbonyl (C=O) groups is 2. The minimum absolute atomic E-state index is 0.0455. The summed E-state index contributed by atoms with van der Waals surface area (Å²) in [6, 6.07) is 6.59. The van der Waals surface area contributed by atoms with Gasteiger partial charge in [0.1, 0.15) is 6.54 Å². The van der Waals surface area contributed by atoms with Crippen molar-refractivity contribution in [2.24, 2.45) is 0 Å². The maximum absolute atomic E-state index is 12.7. The highest BCUT2D eigenvalue weighted by atomic mass is 32.2. The molecule has 10 heteroatoms. The fourth-order valence-corrected chi connectivity index (χ4v) is 4.06. The lowest BCUT2D eigenvalue weighted by Gasteiger charge is -2.27. The van der Waals surface area contributed by atoms with Gasteiger partial charge in [0.15, 0.2) is 11.6 Å². The van der Waals surface area contributed by atoms with E-state index in [0.29, 0.717) is 22.7 Å². The number of benzene rings is 1. The van der Waals surface area contributed by atoms with Gasteiger partial charge in [-0.2, -0.15) is 11.8 Å². The first kappa shape index (κ1) is 19.2. The maximum Gasteiger partial charge on any atom is 0.350 e. The Bertz CT molecular complexity index is 1120. The molecule has 4 rings (SSSR count). The van der Waals surface area contributed by atoms with Gasteiger partial charge < -0.3 is 10.2 Å². The van der Waals surface area contributed by atoms with Crippen molar-refractivity contribution in [2.75, 3.05) is 34.8 Å². The van der Waals surface area contributed by atoms with Crippen molar-refractivity contribution < 1.29 is 9.59 Å². The van der Waals surface area contributed by atoms with Gasteiger partial charge in [0.05, 0.1) is 0 Å².